The predicted molar refractivity (Wildman–Crippen MR) is 81.2 cm³/mol. The fraction of sp³-hybridized carbons (Fsp3) is 0.167. The third kappa shape index (κ3) is 6.19. The molecule has 0 aromatic heterocycles. The van der Waals surface area contributed by atoms with E-state index in [1.165, 1.54) is 0 Å². The summed E-state index contributed by atoms with van der Waals surface area (Å²) in [4.78, 5) is 0. The van der Waals surface area contributed by atoms with Crippen molar-refractivity contribution in [3.05, 3.63) is 40.4 Å². The summed E-state index contributed by atoms with van der Waals surface area (Å²) in [5.41, 5.74) is 3.83. The van der Waals surface area contributed by atoms with Gasteiger partial charge >= 0.3 is 0 Å². The van der Waals surface area contributed by atoms with Gasteiger partial charge in [-0.3, -0.25) is 5.43 Å². The zero-order chi connectivity index (χ0) is 12.5. The highest BCUT2D eigenvalue weighted by Crippen LogP contribution is 2.09. The number of benzene rings is 1. The molecule has 0 aliphatic rings. The second-order valence-electron chi connectivity index (χ2n) is 3.17. The van der Waals surface area contributed by atoms with Crippen LogP contribution in [-0.4, -0.2) is 17.9 Å². The van der Waals surface area contributed by atoms with Gasteiger partial charge in [-0.15, -0.1) is 0 Å². The van der Waals surface area contributed by atoms with Crippen LogP contribution < -0.4 is 10.7 Å². The Kier molecular flexibility index (Phi) is 6.50. The third-order valence-corrected chi connectivity index (χ3v) is 2.46. The number of hydrogen-bond donors (Lipinski definition) is 2. The zero-order valence-electron chi connectivity index (χ0n) is 9.48. The molecule has 3 nitrogen and oxygen atoms in total. The first-order chi connectivity index (χ1) is 8.22. The molecule has 0 fully saturated rings. The summed E-state index contributed by atoms with van der Waals surface area (Å²) in [5, 5.41) is 7.45. The van der Waals surface area contributed by atoms with Crippen LogP contribution in [0.25, 0.3) is 6.08 Å². The Morgan fingerprint density at radius 2 is 2.12 bits per heavy atom. The van der Waals surface area contributed by atoms with E-state index in [1.54, 1.807) is 6.21 Å². The van der Waals surface area contributed by atoms with Crippen LogP contribution >= 0.6 is 28.1 Å². The average molecular weight is 312 g/mol. The molecule has 0 aliphatic carbocycles. The maximum atomic E-state index is 4.96. The summed E-state index contributed by atoms with van der Waals surface area (Å²) < 4.78 is 0.871. The van der Waals surface area contributed by atoms with Gasteiger partial charge < -0.3 is 5.32 Å². The predicted octanol–water partition coefficient (Wildman–Crippen LogP) is 2.89. The molecule has 0 bridgehead atoms. The topological polar surface area (TPSA) is 36.4 Å². The van der Waals surface area contributed by atoms with Gasteiger partial charge in [0, 0.05) is 11.0 Å². The van der Waals surface area contributed by atoms with E-state index in [-0.39, 0.29) is 0 Å². The van der Waals surface area contributed by atoms with Crippen LogP contribution in [0.5, 0.6) is 0 Å². The van der Waals surface area contributed by atoms with Gasteiger partial charge in [-0.2, -0.15) is 5.10 Å². The highest BCUT2D eigenvalue weighted by atomic mass is 79.9. The molecule has 0 saturated carbocycles. The van der Waals surface area contributed by atoms with Gasteiger partial charge in [0.1, 0.15) is 0 Å². The van der Waals surface area contributed by atoms with Crippen molar-refractivity contribution in [1.82, 2.24) is 10.7 Å². The maximum absolute atomic E-state index is 4.96. The Labute approximate surface area is 115 Å². The summed E-state index contributed by atoms with van der Waals surface area (Å²) in [7, 11) is 0. The van der Waals surface area contributed by atoms with Gasteiger partial charge in [0.15, 0.2) is 5.11 Å². The highest BCUT2D eigenvalue weighted by molar-refractivity contribution is 9.12. The van der Waals surface area contributed by atoms with Crippen LogP contribution in [0, 0.1) is 0 Å². The Balaban J connectivity index is 2.49. The van der Waals surface area contributed by atoms with Gasteiger partial charge in [-0.1, -0.05) is 30.3 Å². The molecule has 90 valence electrons. The normalized spacial score (nSPS) is 11.5. The van der Waals surface area contributed by atoms with Crippen LogP contribution in [0.15, 0.2) is 39.9 Å². The lowest BCUT2D eigenvalue weighted by atomic mass is 10.2. The standard InChI is InChI=1S/C12H14BrN3S/c1-2-14-12(17)16-15-9-11(13)8-10-6-4-3-5-7-10/h3-9H,2H2,1H3,(H2,14,16,17)/b11-8-,15-9-. The number of thiocarbonyl (C=S) groups is 1. The van der Waals surface area contributed by atoms with Gasteiger partial charge in [-0.05, 0) is 46.7 Å². The number of hydrazone groups is 1. The van der Waals surface area contributed by atoms with Crippen LogP contribution in [0.3, 0.4) is 0 Å². The molecule has 0 unspecified atom stereocenters. The summed E-state index contributed by atoms with van der Waals surface area (Å²) in [6, 6.07) is 10.00. The summed E-state index contributed by atoms with van der Waals surface area (Å²) in [6.07, 6.45) is 3.64. The first-order valence-electron chi connectivity index (χ1n) is 5.21. The van der Waals surface area contributed by atoms with Crippen LogP contribution in [-0.2, 0) is 0 Å². The Morgan fingerprint density at radius 1 is 1.41 bits per heavy atom. The summed E-state index contributed by atoms with van der Waals surface area (Å²) in [6.45, 7) is 2.76. The van der Waals surface area contributed by atoms with Crippen molar-refractivity contribution in [3.8, 4) is 0 Å². The van der Waals surface area contributed by atoms with Crippen LogP contribution in [0.1, 0.15) is 12.5 Å². The second-order valence-corrected chi connectivity index (χ2v) is 4.49. The smallest absolute Gasteiger partial charge is 0.186 e. The monoisotopic (exact) mass is 311 g/mol. The van der Waals surface area contributed by atoms with Crippen molar-refractivity contribution < 1.29 is 0 Å². The van der Waals surface area contributed by atoms with E-state index >= 15 is 0 Å². The van der Waals surface area contributed by atoms with E-state index in [0.717, 1.165) is 16.6 Å². The molecule has 0 saturated heterocycles. The lowest BCUT2D eigenvalue weighted by Crippen LogP contribution is -2.31. The molecule has 5 heteroatoms. The number of rotatable bonds is 4. The molecule has 1 aromatic rings. The Morgan fingerprint density at radius 3 is 2.76 bits per heavy atom. The quantitative estimate of drug-likeness (QED) is 0.510. The second kappa shape index (κ2) is 7.97. The molecule has 0 spiro atoms. The maximum Gasteiger partial charge on any atom is 0.186 e. The molecular formula is C12H14BrN3S. The number of allylic oxidation sites excluding steroid dienone is 1. The first-order valence-corrected chi connectivity index (χ1v) is 6.41. The van der Waals surface area contributed by atoms with Crippen molar-refractivity contribution in [2.24, 2.45) is 5.10 Å². The van der Waals surface area contributed by atoms with Crippen molar-refractivity contribution in [2.45, 2.75) is 6.92 Å². The van der Waals surface area contributed by atoms with Crippen LogP contribution in [0.4, 0.5) is 0 Å². The van der Waals surface area contributed by atoms with E-state index < -0.39 is 0 Å². The Bertz CT molecular complexity index is 415. The fourth-order valence-electron chi connectivity index (χ4n) is 1.10. The lowest BCUT2D eigenvalue weighted by Gasteiger charge is -2.02. The van der Waals surface area contributed by atoms with E-state index in [4.69, 9.17) is 12.2 Å². The van der Waals surface area contributed by atoms with Crippen LogP contribution in [0.2, 0.25) is 0 Å². The van der Waals surface area contributed by atoms with Gasteiger partial charge in [0.25, 0.3) is 0 Å². The molecule has 17 heavy (non-hydrogen) atoms. The average Bonchev–Trinajstić information content (AvgIpc) is 2.30. The number of halogens is 1. The SMILES string of the molecule is CCNC(=S)N/N=C\C(Br)=C\c1ccccc1. The van der Waals surface area contributed by atoms with Crippen molar-refractivity contribution in [3.63, 3.8) is 0 Å². The fourth-order valence-corrected chi connectivity index (χ4v) is 1.66. The first kappa shape index (κ1) is 13.9. The van der Waals surface area contributed by atoms with E-state index in [1.807, 2.05) is 43.3 Å². The van der Waals surface area contributed by atoms with E-state index in [2.05, 4.69) is 31.8 Å². The van der Waals surface area contributed by atoms with Gasteiger partial charge in [0.2, 0.25) is 0 Å². The summed E-state index contributed by atoms with van der Waals surface area (Å²) in [5.74, 6) is 0. The van der Waals surface area contributed by atoms with Gasteiger partial charge in [-0.25, -0.2) is 0 Å². The Hall–Kier alpha value is -1.20. The minimum Gasteiger partial charge on any atom is -0.362 e. The number of nitrogens with one attached hydrogen (secondary N) is 2. The third-order valence-electron chi connectivity index (χ3n) is 1.80. The molecule has 0 amide bonds. The van der Waals surface area contributed by atoms with Gasteiger partial charge in [0.05, 0.1) is 6.21 Å². The largest absolute Gasteiger partial charge is 0.362 e. The molecular weight excluding hydrogens is 298 g/mol. The minimum absolute atomic E-state index is 0.517. The zero-order valence-corrected chi connectivity index (χ0v) is 11.9. The molecule has 2 N–H and O–H groups in total. The molecule has 0 atom stereocenters. The van der Waals surface area contributed by atoms with E-state index in [9.17, 15) is 0 Å². The lowest BCUT2D eigenvalue weighted by molar-refractivity contribution is 0.904. The van der Waals surface area contributed by atoms with Crippen molar-refractivity contribution in [1.29, 1.82) is 0 Å². The summed E-state index contributed by atoms with van der Waals surface area (Å²) >= 11 is 8.38. The molecule has 0 radical (unpaired) electrons. The molecule has 1 rings (SSSR count). The molecule has 0 aliphatic heterocycles. The molecule has 0 heterocycles. The molecule has 1 aromatic carbocycles. The highest BCUT2D eigenvalue weighted by Gasteiger charge is 1.90. The number of hydrogen-bond acceptors (Lipinski definition) is 2. The van der Waals surface area contributed by atoms with Crippen molar-refractivity contribution >= 4 is 45.6 Å². The van der Waals surface area contributed by atoms with E-state index in [0.29, 0.717) is 5.11 Å². The minimum atomic E-state index is 0.517. The number of nitrogens with zero attached hydrogens (tertiary/aromatic N) is 1. The van der Waals surface area contributed by atoms with Crippen molar-refractivity contribution in [2.75, 3.05) is 6.54 Å².